The van der Waals surface area contributed by atoms with Crippen molar-refractivity contribution in [2.75, 3.05) is 25.2 Å². The number of nitrogen functional groups attached to an aromatic ring is 1. The van der Waals surface area contributed by atoms with E-state index >= 15 is 0 Å². The van der Waals surface area contributed by atoms with Gasteiger partial charge in [0.1, 0.15) is 17.2 Å². The predicted octanol–water partition coefficient (Wildman–Crippen LogP) is 5.74. The van der Waals surface area contributed by atoms with E-state index in [-0.39, 0.29) is 29.9 Å². The van der Waals surface area contributed by atoms with Gasteiger partial charge >= 0.3 is 0 Å². The van der Waals surface area contributed by atoms with Crippen LogP contribution in [0.3, 0.4) is 0 Å². The normalized spacial score (nSPS) is 16.8. The lowest BCUT2D eigenvalue weighted by atomic mass is 9.85. The van der Waals surface area contributed by atoms with Gasteiger partial charge in [-0.1, -0.05) is 19.1 Å². The lowest BCUT2D eigenvalue weighted by Crippen LogP contribution is -2.20. The molecule has 3 aromatic carbocycles. The largest absolute Gasteiger partial charge is 0.494 e. The van der Waals surface area contributed by atoms with Crippen molar-refractivity contribution in [3.8, 4) is 11.5 Å². The van der Waals surface area contributed by atoms with Crippen molar-refractivity contribution in [1.82, 2.24) is 0 Å². The number of hydrogen-bond acceptors (Lipinski definition) is 13. The molecule has 0 fully saturated rings. The van der Waals surface area contributed by atoms with Crippen molar-refractivity contribution < 1.29 is 48.4 Å². The molecule has 258 valence electrons. The summed E-state index contributed by atoms with van der Waals surface area (Å²) in [7, 11) is -12.3. The SMILES string of the molecule is COc1cc(N=NC2C=Cc3cc(S(=O)(=O)O)cc(S(=O)(=O)O)c3C2C)c(C)cc1N=Nc1cc(OCCCS(=O)(=O)O)c(N)cc1C. The maximum Gasteiger partial charge on any atom is 0.294 e. The predicted molar refractivity (Wildman–Crippen MR) is 176 cm³/mol. The lowest BCUT2D eigenvalue weighted by molar-refractivity contribution is 0.318. The monoisotopic (exact) mass is 723 g/mol. The average Bonchev–Trinajstić information content (AvgIpc) is 2.98. The molecule has 4 rings (SSSR count). The molecular weight excluding hydrogens is 691 g/mol. The number of methoxy groups -OCH3 is 1. The summed E-state index contributed by atoms with van der Waals surface area (Å²) in [5.41, 5.74) is 9.13. The van der Waals surface area contributed by atoms with Gasteiger partial charge in [-0.2, -0.15) is 40.6 Å². The number of rotatable bonds is 12. The molecule has 0 radical (unpaired) electrons. The Hall–Kier alpha value is -4.27. The van der Waals surface area contributed by atoms with E-state index in [2.05, 4.69) is 20.5 Å². The average molecular weight is 724 g/mol. The number of nitrogens with two attached hydrogens (primary N) is 1. The molecule has 0 bridgehead atoms. The molecule has 0 heterocycles. The molecule has 2 atom stereocenters. The van der Waals surface area contributed by atoms with E-state index in [1.165, 1.54) is 13.2 Å². The number of anilines is 1. The Morgan fingerprint density at radius 2 is 1.44 bits per heavy atom. The van der Waals surface area contributed by atoms with Crippen LogP contribution in [0.15, 0.2) is 72.7 Å². The summed E-state index contributed by atoms with van der Waals surface area (Å²) in [6, 6.07) is 7.52. The van der Waals surface area contributed by atoms with Crippen LogP contribution in [-0.4, -0.2) is 64.4 Å². The first-order chi connectivity index (χ1) is 22.3. The number of hydrogen-bond donors (Lipinski definition) is 4. The molecule has 0 amide bonds. The van der Waals surface area contributed by atoms with E-state index in [0.29, 0.717) is 45.7 Å². The third-order valence-electron chi connectivity index (χ3n) is 7.36. The zero-order valence-corrected chi connectivity index (χ0v) is 28.5. The van der Waals surface area contributed by atoms with Crippen LogP contribution < -0.4 is 15.2 Å². The molecule has 2 unspecified atom stereocenters. The van der Waals surface area contributed by atoms with Gasteiger partial charge in [0.05, 0.1) is 52.4 Å². The lowest BCUT2D eigenvalue weighted by Gasteiger charge is -2.25. The van der Waals surface area contributed by atoms with Gasteiger partial charge in [-0.05, 0) is 66.8 Å². The molecule has 3 aromatic rings. The van der Waals surface area contributed by atoms with Crippen LogP contribution in [0.25, 0.3) is 6.08 Å². The molecule has 48 heavy (non-hydrogen) atoms. The van der Waals surface area contributed by atoms with Crippen LogP contribution in [0.5, 0.6) is 11.5 Å². The Labute approximate surface area is 277 Å². The Balaban J connectivity index is 1.59. The first-order valence-corrected chi connectivity index (χ1v) is 18.6. The number of aryl methyl sites for hydroxylation is 2. The summed E-state index contributed by atoms with van der Waals surface area (Å²) >= 11 is 0. The maximum atomic E-state index is 12.2. The van der Waals surface area contributed by atoms with Gasteiger partial charge in [-0.3, -0.25) is 13.7 Å². The summed E-state index contributed by atoms with van der Waals surface area (Å²) in [6.07, 6.45) is 3.08. The summed E-state index contributed by atoms with van der Waals surface area (Å²) in [5.74, 6) is -0.562. The number of nitrogens with zero attached hydrogens (tertiary/aromatic N) is 4. The van der Waals surface area contributed by atoms with Crippen LogP contribution in [0.1, 0.15) is 41.5 Å². The molecule has 5 N–H and O–H groups in total. The van der Waals surface area contributed by atoms with Gasteiger partial charge in [0, 0.05) is 18.1 Å². The molecule has 19 heteroatoms. The summed E-state index contributed by atoms with van der Waals surface area (Å²) in [4.78, 5) is -1.34. The summed E-state index contributed by atoms with van der Waals surface area (Å²) in [5, 5.41) is 17.4. The number of azo groups is 2. The maximum absolute atomic E-state index is 12.2. The van der Waals surface area contributed by atoms with Gasteiger partial charge < -0.3 is 15.2 Å². The van der Waals surface area contributed by atoms with Crippen molar-refractivity contribution >= 4 is 59.2 Å². The van der Waals surface area contributed by atoms with Crippen LogP contribution in [-0.2, 0) is 30.4 Å². The second kappa shape index (κ2) is 14.1. The van der Waals surface area contributed by atoms with Crippen molar-refractivity contribution in [3.63, 3.8) is 0 Å². The minimum Gasteiger partial charge on any atom is -0.494 e. The third kappa shape index (κ3) is 8.79. The Bertz CT molecular complexity index is 2170. The standard InChI is InChI=1S/C29H33N5O11S3/c1-16-10-21(30)26(45-8-5-9-46(35,36)37)14-23(16)33-34-25-11-17(2)24(15-27(25)44-4)32-31-22-7-6-19-12-20(47(38,39)40)13-28(48(41,42)43)29(19)18(22)3/h6-7,10-15,18,22H,5,8-9,30H2,1-4H3,(H,35,36,37)(H,38,39,40)(H,41,42,43). The molecule has 1 aliphatic carbocycles. The number of ether oxygens (including phenoxy) is 2. The highest BCUT2D eigenvalue weighted by molar-refractivity contribution is 7.86. The highest BCUT2D eigenvalue weighted by Gasteiger charge is 2.31. The van der Waals surface area contributed by atoms with Crippen LogP contribution >= 0.6 is 0 Å². The minimum absolute atomic E-state index is 0.00866. The van der Waals surface area contributed by atoms with Crippen molar-refractivity contribution in [3.05, 3.63) is 64.7 Å². The van der Waals surface area contributed by atoms with Crippen LogP contribution in [0.4, 0.5) is 22.7 Å². The minimum atomic E-state index is -4.87. The van der Waals surface area contributed by atoms with E-state index in [9.17, 15) is 34.4 Å². The molecule has 0 aromatic heterocycles. The van der Waals surface area contributed by atoms with Gasteiger partial charge in [0.2, 0.25) is 0 Å². The second-order valence-electron chi connectivity index (χ2n) is 10.9. The fourth-order valence-corrected chi connectivity index (χ4v) is 6.85. The zero-order chi connectivity index (χ0) is 35.6. The molecule has 0 aliphatic heterocycles. The molecular formula is C29H33N5O11S3. The fourth-order valence-electron chi connectivity index (χ4n) is 4.89. The quantitative estimate of drug-likeness (QED) is 0.0755. The van der Waals surface area contributed by atoms with E-state index in [1.807, 2.05) is 0 Å². The van der Waals surface area contributed by atoms with E-state index in [1.54, 1.807) is 51.1 Å². The Morgan fingerprint density at radius 1 is 0.812 bits per heavy atom. The van der Waals surface area contributed by atoms with Gasteiger partial charge in [-0.15, -0.1) is 5.11 Å². The summed E-state index contributed by atoms with van der Waals surface area (Å²) < 4.78 is 109. The van der Waals surface area contributed by atoms with Crippen molar-refractivity contribution in [2.24, 2.45) is 20.5 Å². The number of benzene rings is 3. The highest BCUT2D eigenvalue weighted by atomic mass is 32.2. The van der Waals surface area contributed by atoms with Crippen LogP contribution in [0.2, 0.25) is 0 Å². The van der Waals surface area contributed by atoms with Gasteiger partial charge in [0.15, 0.2) is 0 Å². The third-order valence-corrected chi connectivity index (χ3v) is 9.89. The molecule has 1 aliphatic rings. The zero-order valence-electron chi connectivity index (χ0n) is 26.1. The molecule has 0 spiro atoms. The first kappa shape index (κ1) is 36.6. The molecule has 0 saturated carbocycles. The molecule has 16 nitrogen and oxygen atoms in total. The summed E-state index contributed by atoms with van der Waals surface area (Å²) in [6.45, 7) is 5.15. The van der Waals surface area contributed by atoms with Crippen molar-refractivity contribution in [2.45, 2.75) is 48.9 Å². The Kier molecular flexibility index (Phi) is 10.7. The smallest absolute Gasteiger partial charge is 0.294 e. The van der Waals surface area contributed by atoms with E-state index in [0.717, 1.165) is 6.07 Å². The Morgan fingerprint density at radius 3 is 2.06 bits per heavy atom. The highest BCUT2D eigenvalue weighted by Crippen LogP contribution is 2.40. The first-order valence-electron chi connectivity index (χ1n) is 14.1. The fraction of sp³-hybridized carbons (Fsp3) is 0.310. The topological polar surface area (TPSA) is 257 Å². The van der Waals surface area contributed by atoms with Crippen LogP contribution in [0, 0.1) is 13.8 Å². The van der Waals surface area contributed by atoms with E-state index in [4.69, 9.17) is 19.8 Å². The second-order valence-corrected chi connectivity index (χ2v) is 15.3. The molecule has 0 saturated heterocycles. The van der Waals surface area contributed by atoms with Gasteiger partial charge in [-0.25, -0.2) is 0 Å². The van der Waals surface area contributed by atoms with Crippen molar-refractivity contribution in [1.29, 1.82) is 0 Å². The van der Waals surface area contributed by atoms with Gasteiger partial charge in [0.25, 0.3) is 30.4 Å². The van der Waals surface area contributed by atoms with E-state index < -0.39 is 57.9 Å². The number of fused-ring (bicyclic) bond motifs is 1.